The van der Waals surface area contributed by atoms with Crippen molar-refractivity contribution >= 4 is 17.7 Å². The fraction of sp³-hybridized carbons (Fsp3) is 0.400. The number of hydrogen-bond acceptors (Lipinski definition) is 8. The van der Waals surface area contributed by atoms with Gasteiger partial charge in [0, 0.05) is 18.9 Å². The molecule has 4 atom stereocenters. The first-order valence-electron chi connectivity index (χ1n) is 16.2. The Kier molecular flexibility index (Phi) is 8.30. The normalized spacial score (nSPS) is 22.0. The van der Waals surface area contributed by atoms with Crippen molar-refractivity contribution in [1.82, 2.24) is 35.5 Å². The summed E-state index contributed by atoms with van der Waals surface area (Å²) in [6.45, 7) is 6.65. The van der Waals surface area contributed by atoms with Crippen LogP contribution in [0.3, 0.4) is 0 Å². The van der Waals surface area contributed by atoms with Crippen LogP contribution in [0.25, 0.3) is 22.4 Å². The van der Waals surface area contributed by atoms with E-state index in [4.69, 9.17) is 9.98 Å². The number of amidine groups is 1. The molecule has 2 aromatic heterocycles. The highest BCUT2D eigenvalue weighted by Crippen LogP contribution is 2.33. The maximum Gasteiger partial charge on any atom is 0.246 e. The minimum Gasteiger partial charge on any atom is -0.364 e. The van der Waals surface area contributed by atoms with Gasteiger partial charge < -0.3 is 25.8 Å². The topological polar surface area (TPSA) is 123 Å². The van der Waals surface area contributed by atoms with Crippen molar-refractivity contribution in [3.63, 3.8) is 0 Å². The molecule has 1 unspecified atom stereocenters. The Balaban J connectivity index is 1.00. The first kappa shape index (κ1) is 29.2. The molecular weight excluding hydrogens is 562 g/mol. The number of benzene rings is 2. The second-order valence-electron chi connectivity index (χ2n) is 12.6. The molecule has 1 amide bonds. The van der Waals surface area contributed by atoms with Crippen LogP contribution in [0.4, 0.5) is 5.95 Å². The van der Waals surface area contributed by atoms with E-state index in [0.29, 0.717) is 18.5 Å². The van der Waals surface area contributed by atoms with E-state index < -0.39 is 6.04 Å². The van der Waals surface area contributed by atoms with Crippen molar-refractivity contribution in [3.8, 4) is 22.4 Å². The van der Waals surface area contributed by atoms with Crippen molar-refractivity contribution in [2.45, 2.75) is 63.7 Å². The van der Waals surface area contributed by atoms with Gasteiger partial charge >= 0.3 is 0 Å². The number of carbonyl (C=O) groups excluding carboxylic acids is 1. The van der Waals surface area contributed by atoms with E-state index in [0.717, 1.165) is 55.3 Å². The van der Waals surface area contributed by atoms with Crippen LogP contribution in [0, 0.1) is 5.92 Å². The number of imidazole rings is 1. The number of hydrogen-bond donors (Lipinski definition) is 4. The SMILES string of the molecule is CC(C)[C@H](Nc1ncccn1)C(=O)N1CCC[C@H]1c1ncc(-c2ccc(-c3ccc(C4CN=C([C@@H]5CCCN5)N4)cc3)cc2)[nH]1. The van der Waals surface area contributed by atoms with E-state index in [1.807, 2.05) is 24.9 Å². The van der Waals surface area contributed by atoms with Crippen LogP contribution in [0.2, 0.25) is 0 Å². The molecule has 10 nitrogen and oxygen atoms in total. The monoisotopic (exact) mass is 603 g/mol. The molecule has 2 aromatic carbocycles. The Labute approximate surface area is 264 Å². The fourth-order valence-corrected chi connectivity index (χ4v) is 6.70. The standard InChI is InChI=1S/C35H41N9O/c1-22(2)31(43-35-37-17-5-18-38-35)34(45)44-19-4-7-30(44)33-40-21-29(42-33)26-14-10-24(11-15-26)23-8-12-25(13-9-23)28-20-39-32(41-28)27-6-3-16-36-27/h5,8-15,17-18,21-22,27-28,30-31,36H,3-4,6-7,16,19-20H2,1-2H3,(H,39,41)(H,40,42)(H,37,38,43)/t27-,28?,30-,31-/m0/s1. The number of rotatable bonds is 9. The van der Waals surface area contributed by atoms with Crippen molar-refractivity contribution in [2.24, 2.45) is 10.9 Å². The van der Waals surface area contributed by atoms with Crippen molar-refractivity contribution in [1.29, 1.82) is 0 Å². The average molecular weight is 604 g/mol. The third-order valence-electron chi connectivity index (χ3n) is 9.23. The van der Waals surface area contributed by atoms with Crippen LogP contribution >= 0.6 is 0 Å². The van der Waals surface area contributed by atoms with Gasteiger partial charge in [-0.25, -0.2) is 15.0 Å². The lowest BCUT2D eigenvalue weighted by Crippen LogP contribution is -2.45. The maximum atomic E-state index is 13.7. The zero-order valence-electron chi connectivity index (χ0n) is 25.9. The van der Waals surface area contributed by atoms with Crippen LogP contribution < -0.4 is 16.0 Å². The smallest absolute Gasteiger partial charge is 0.246 e. The molecule has 3 aliphatic heterocycles. The lowest BCUT2D eigenvalue weighted by atomic mass is 9.99. The van der Waals surface area contributed by atoms with Gasteiger partial charge in [0.25, 0.3) is 0 Å². The molecule has 5 heterocycles. The molecule has 3 aliphatic rings. The van der Waals surface area contributed by atoms with E-state index in [1.54, 1.807) is 18.5 Å². The highest BCUT2D eigenvalue weighted by molar-refractivity contribution is 5.89. The van der Waals surface area contributed by atoms with Gasteiger partial charge in [-0.2, -0.15) is 0 Å². The maximum absolute atomic E-state index is 13.7. The summed E-state index contributed by atoms with van der Waals surface area (Å²) in [5, 5.41) is 10.4. The van der Waals surface area contributed by atoms with Gasteiger partial charge in [0.05, 0.1) is 36.6 Å². The van der Waals surface area contributed by atoms with Crippen molar-refractivity contribution in [2.75, 3.05) is 25.0 Å². The first-order chi connectivity index (χ1) is 22.0. The predicted molar refractivity (Wildman–Crippen MR) is 177 cm³/mol. The van der Waals surface area contributed by atoms with E-state index in [2.05, 4.69) is 79.4 Å². The summed E-state index contributed by atoms with van der Waals surface area (Å²) in [4.78, 5) is 37.3. The summed E-state index contributed by atoms with van der Waals surface area (Å²) >= 11 is 0. The molecule has 232 valence electrons. The second-order valence-corrected chi connectivity index (χ2v) is 12.6. The fourth-order valence-electron chi connectivity index (χ4n) is 6.70. The van der Waals surface area contributed by atoms with Crippen LogP contribution in [0.5, 0.6) is 0 Å². The van der Waals surface area contributed by atoms with Gasteiger partial charge in [-0.1, -0.05) is 62.4 Å². The molecule has 0 radical (unpaired) electrons. The zero-order chi connectivity index (χ0) is 30.8. The minimum atomic E-state index is -0.418. The molecule has 10 heteroatoms. The quantitative estimate of drug-likeness (QED) is 0.209. The number of carbonyl (C=O) groups is 1. The number of aliphatic imine (C=N–C) groups is 1. The first-order valence-corrected chi connectivity index (χ1v) is 16.2. The largest absolute Gasteiger partial charge is 0.364 e. The van der Waals surface area contributed by atoms with E-state index >= 15 is 0 Å². The number of nitrogens with one attached hydrogen (secondary N) is 4. The highest BCUT2D eigenvalue weighted by atomic mass is 16.2. The summed E-state index contributed by atoms with van der Waals surface area (Å²) in [6, 6.07) is 19.3. The summed E-state index contributed by atoms with van der Waals surface area (Å²) in [6.07, 6.45) is 9.42. The minimum absolute atomic E-state index is 0.0516. The molecule has 2 fully saturated rings. The highest BCUT2D eigenvalue weighted by Gasteiger charge is 2.37. The van der Waals surface area contributed by atoms with Gasteiger partial charge in [-0.3, -0.25) is 9.79 Å². The van der Waals surface area contributed by atoms with Crippen molar-refractivity contribution in [3.05, 3.63) is 84.6 Å². The Morgan fingerprint density at radius 1 is 0.911 bits per heavy atom. The van der Waals surface area contributed by atoms with Crippen LogP contribution in [0.1, 0.15) is 63.0 Å². The number of anilines is 1. The van der Waals surface area contributed by atoms with Gasteiger partial charge in [0.1, 0.15) is 17.7 Å². The molecule has 4 N–H and O–H groups in total. The molecular formula is C35H41N9O. The number of nitrogens with zero attached hydrogens (tertiary/aromatic N) is 5. The van der Waals surface area contributed by atoms with Crippen LogP contribution in [-0.2, 0) is 4.79 Å². The molecule has 0 bridgehead atoms. The number of aromatic amines is 1. The van der Waals surface area contributed by atoms with Gasteiger partial charge in [-0.05, 0) is 66.5 Å². The second kappa shape index (κ2) is 12.8. The summed E-state index contributed by atoms with van der Waals surface area (Å²) in [5.74, 6) is 2.53. The van der Waals surface area contributed by atoms with E-state index in [1.165, 1.54) is 23.1 Å². The zero-order valence-corrected chi connectivity index (χ0v) is 25.9. The van der Waals surface area contributed by atoms with Crippen LogP contribution in [-0.4, -0.2) is 68.3 Å². The third-order valence-corrected chi connectivity index (χ3v) is 9.23. The summed E-state index contributed by atoms with van der Waals surface area (Å²) in [7, 11) is 0. The van der Waals surface area contributed by atoms with Gasteiger partial charge in [-0.15, -0.1) is 0 Å². The lowest BCUT2D eigenvalue weighted by Gasteiger charge is -2.30. The molecule has 0 saturated carbocycles. The Morgan fingerprint density at radius 3 is 2.36 bits per heavy atom. The number of amides is 1. The summed E-state index contributed by atoms with van der Waals surface area (Å²) in [5.41, 5.74) is 5.62. The lowest BCUT2D eigenvalue weighted by molar-refractivity contribution is -0.134. The summed E-state index contributed by atoms with van der Waals surface area (Å²) < 4.78 is 0. The predicted octanol–water partition coefficient (Wildman–Crippen LogP) is 5.13. The Morgan fingerprint density at radius 2 is 1.64 bits per heavy atom. The van der Waals surface area contributed by atoms with E-state index in [-0.39, 0.29) is 23.9 Å². The number of aromatic nitrogens is 4. The molecule has 4 aromatic rings. The van der Waals surface area contributed by atoms with Gasteiger partial charge in [0.2, 0.25) is 11.9 Å². The van der Waals surface area contributed by atoms with E-state index in [9.17, 15) is 4.79 Å². The number of H-pyrrole nitrogens is 1. The molecule has 2 saturated heterocycles. The Bertz CT molecular complexity index is 1630. The van der Waals surface area contributed by atoms with Crippen LogP contribution in [0.15, 0.2) is 78.2 Å². The number of likely N-dealkylation sites (tertiary alicyclic amines) is 1. The van der Waals surface area contributed by atoms with Gasteiger partial charge in [0.15, 0.2) is 0 Å². The van der Waals surface area contributed by atoms with Crippen molar-refractivity contribution < 1.29 is 4.79 Å². The molecule has 0 aliphatic carbocycles. The molecule has 45 heavy (non-hydrogen) atoms. The average Bonchev–Trinajstić information content (AvgIpc) is 3.91. The Hall–Kier alpha value is -4.57. The third kappa shape index (κ3) is 6.20. The molecule has 0 spiro atoms. The molecule has 7 rings (SSSR count).